The summed E-state index contributed by atoms with van der Waals surface area (Å²) in [6.07, 6.45) is -0.0291. The molecular weight excluding hydrogens is 430 g/mol. The first-order valence-corrected chi connectivity index (χ1v) is 10.1. The average Bonchev–Trinajstić information content (AvgIpc) is 2.56. The molecule has 0 bridgehead atoms. The van der Waals surface area contributed by atoms with Crippen molar-refractivity contribution in [2.75, 3.05) is 6.54 Å². The van der Waals surface area contributed by atoms with Crippen molar-refractivity contribution in [2.24, 2.45) is 0 Å². The Labute approximate surface area is 160 Å². The molecule has 0 spiro atoms. The molecule has 0 heterocycles. The van der Waals surface area contributed by atoms with Crippen LogP contribution >= 0.6 is 27.5 Å². The van der Waals surface area contributed by atoms with Gasteiger partial charge in [0.15, 0.2) is 0 Å². The van der Waals surface area contributed by atoms with Crippen LogP contribution < -0.4 is 5.11 Å². The lowest BCUT2D eigenvalue weighted by molar-refractivity contribution is -0.305. The lowest BCUT2D eigenvalue weighted by atomic mass is 10.2. The average molecular weight is 446 g/mol. The highest BCUT2D eigenvalue weighted by atomic mass is 79.9. The Bertz CT molecular complexity index is 823. The van der Waals surface area contributed by atoms with E-state index >= 15 is 0 Å². The SMILES string of the molecule is O=C([O-])CCCN(Cc1ccc(Cl)cc1)S(=O)(=O)c1ccc(Br)cc1. The summed E-state index contributed by atoms with van der Waals surface area (Å²) in [5.41, 5.74) is 0.763. The van der Waals surface area contributed by atoms with Crippen LogP contribution in [0.4, 0.5) is 0 Å². The van der Waals surface area contributed by atoms with Crippen molar-refractivity contribution in [3.05, 3.63) is 63.6 Å². The van der Waals surface area contributed by atoms with Crippen LogP contribution in [-0.4, -0.2) is 25.2 Å². The normalized spacial score (nSPS) is 11.6. The van der Waals surface area contributed by atoms with Gasteiger partial charge in [0.1, 0.15) is 0 Å². The number of carboxylic acids is 1. The molecule has 134 valence electrons. The number of rotatable bonds is 8. The Morgan fingerprint density at radius 1 is 1.08 bits per heavy atom. The van der Waals surface area contributed by atoms with E-state index in [-0.39, 0.29) is 30.8 Å². The molecule has 8 heteroatoms. The molecule has 0 aliphatic carbocycles. The number of halogens is 2. The lowest BCUT2D eigenvalue weighted by Gasteiger charge is -2.22. The van der Waals surface area contributed by atoms with Gasteiger partial charge in [0, 0.05) is 28.6 Å². The summed E-state index contributed by atoms with van der Waals surface area (Å²) >= 11 is 9.13. The summed E-state index contributed by atoms with van der Waals surface area (Å²) in [5, 5.41) is 11.2. The number of hydrogen-bond donors (Lipinski definition) is 0. The molecule has 0 amide bonds. The first kappa shape index (κ1) is 19.9. The van der Waals surface area contributed by atoms with Crippen LogP contribution in [0.2, 0.25) is 5.02 Å². The zero-order chi connectivity index (χ0) is 18.4. The molecular formula is C17H16BrClNO4S-. The van der Waals surface area contributed by atoms with Crippen LogP contribution in [0.15, 0.2) is 57.9 Å². The molecule has 0 aliphatic rings. The standard InChI is InChI=1S/C17H17BrClNO4S/c18-14-5-9-16(10-6-14)25(23,24)20(11-1-2-17(21)22)12-13-3-7-15(19)8-4-13/h3-10H,1-2,11-12H2,(H,21,22)/p-1. The third-order valence-electron chi connectivity index (χ3n) is 3.51. The molecule has 0 saturated heterocycles. The molecule has 2 rings (SSSR count). The topological polar surface area (TPSA) is 77.5 Å². The van der Waals surface area contributed by atoms with Gasteiger partial charge in [0.2, 0.25) is 10.0 Å². The summed E-state index contributed by atoms with van der Waals surface area (Å²) < 4.78 is 27.9. The number of carbonyl (C=O) groups is 1. The fourth-order valence-corrected chi connectivity index (χ4v) is 4.09. The van der Waals surface area contributed by atoms with Gasteiger partial charge in [-0.2, -0.15) is 4.31 Å². The van der Waals surface area contributed by atoms with Crippen LogP contribution in [0, 0.1) is 0 Å². The molecule has 0 radical (unpaired) electrons. The van der Waals surface area contributed by atoms with E-state index in [1.54, 1.807) is 36.4 Å². The fourth-order valence-electron chi connectivity index (χ4n) is 2.23. The highest BCUT2D eigenvalue weighted by Crippen LogP contribution is 2.22. The summed E-state index contributed by atoms with van der Waals surface area (Å²) in [4.78, 5) is 10.8. The summed E-state index contributed by atoms with van der Waals surface area (Å²) in [5.74, 6) is -1.20. The highest BCUT2D eigenvalue weighted by Gasteiger charge is 2.24. The predicted octanol–water partition coefficient (Wildman–Crippen LogP) is 2.82. The van der Waals surface area contributed by atoms with Crippen molar-refractivity contribution in [3.8, 4) is 0 Å². The van der Waals surface area contributed by atoms with Gasteiger partial charge < -0.3 is 9.90 Å². The molecule has 25 heavy (non-hydrogen) atoms. The van der Waals surface area contributed by atoms with Crippen molar-refractivity contribution in [2.45, 2.75) is 24.3 Å². The Morgan fingerprint density at radius 3 is 2.24 bits per heavy atom. The van der Waals surface area contributed by atoms with Gasteiger partial charge >= 0.3 is 0 Å². The maximum Gasteiger partial charge on any atom is 0.243 e. The van der Waals surface area contributed by atoms with E-state index in [1.165, 1.54) is 16.4 Å². The number of carboxylic acid groups (broad SMARTS) is 1. The van der Waals surface area contributed by atoms with Crippen LogP contribution in [0.1, 0.15) is 18.4 Å². The Kier molecular flexibility index (Phi) is 7.01. The molecule has 0 unspecified atom stereocenters. The van der Waals surface area contributed by atoms with Crippen molar-refractivity contribution in [1.29, 1.82) is 0 Å². The van der Waals surface area contributed by atoms with E-state index < -0.39 is 16.0 Å². The van der Waals surface area contributed by atoms with E-state index in [0.717, 1.165) is 10.0 Å². The molecule has 0 N–H and O–H groups in total. The number of nitrogens with zero attached hydrogens (tertiary/aromatic N) is 1. The second-order valence-electron chi connectivity index (χ2n) is 5.39. The molecule has 2 aromatic rings. The minimum atomic E-state index is -3.76. The van der Waals surface area contributed by atoms with Crippen LogP contribution in [0.5, 0.6) is 0 Å². The maximum absolute atomic E-state index is 12.9. The third kappa shape index (κ3) is 5.81. The summed E-state index contributed by atoms with van der Waals surface area (Å²) in [6, 6.07) is 13.2. The minimum absolute atomic E-state index is 0.0784. The molecule has 0 atom stereocenters. The zero-order valence-electron chi connectivity index (χ0n) is 13.2. The second kappa shape index (κ2) is 8.80. The minimum Gasteiger partial charge on any atom is -0.550 e. The Morgan fingerprint density at radius 2 is 1.68 bits per heavy atom. The second-order valence-corrected chi connectivity index (χ2v) is 8.68. The van der Waals surface area contributed by atoms with E-state index in [9.17, 15) is 18.3 Å². The first-order valence-electron chi connectivity index (χ1n) is 7.49. The smallest absolute Gasteiger partial charge is 0.243 e. The van der Waals surface area contributed by atoms with E-state index in [0.29, 0.717) is 5.02 Å². The van der Waals surface area contributed by atoms with Crippen LogP contribution in [0.25, 0.3) is 0 Å². The lowest BCUT2D eigenvalue weighted by Crippen LogP contribution is -2.33. The Balaban J connectivity index is 2.26. The fraction of sp³-hybridized carbons (Fsp3) is 0.235. The van der Waals surface area contributed by atoms with E-state index in [4.69, 9.17) is 11.6 Å². The number of aliphatic carboxylic acids is 1. The van der Waals surface area contributed by atoms with E-state index in [1.807, 2.05) is 0 Å². The first-order chi connectivity index (χ1) is 11.8. The monoisotopic (exact) mass is 444 g/mol. The molecule has 5 nitrogen and oxygen atoms in total. The molecule has 0 saturated carbocycles. The molecule has 0 aliphatic heterocycles. The van der Waals surface area contributed by atoms with Crippen LogP contribution in [-0.2, 0) is 21.4 Å². The van der Waals surface area contributed by atoms with Crippen molar-refractivity contribution in [1.82, 2.24) is 4.31 Å². The number of benzene rings is 2. The molecule has 0 aromatic heterocycles. The van der Waals surface area contributed by atoms with Gasteiger partial charge in [-0.25, -0.2) is 8.42 Å². The quantitative estimate of drug-likeness (QED) is 0.626. The summed E-state index contributed by atoms with van der Waals surface area (Å²) in [7, 11) is -3.76. The van der Waals surface area contributed by atoms with Crippen molar-refractivity contribution in [3.63, 3.8) is 0 Å². The maximum atomic E-state index is 12.9. The van der Waals surface area contributed by atoms with Gasteiger partial charge in [-0.05, 0) is 54.8 Å². The van der Waals surface area contributed by atoms with Crippen molar-refractivity contribution < 1.29 is 18.3 Å². The predicted molar refractivity (Wildman–Crippen MR) is 97.4 cm³/mol. The van der Waals surface area contributed by atoms with Gasteiger partial charge in [-0.1, -0.05) is 39.7 Å². The van der Waals surface area contributed by atoms with E-state index in [2.05, 4.69) is 15.9 Å². The highest BCUT2D eigenvalue weighted by molar-refractivity contribution is 9.10. The molecule has 2 aromatic carbocycles. The summed E-state index contributed by atoms with van der Waals surface area (Å²) in [6.45, 7) is 0.206. The van der Waals surface area contributed by atoms with Gasteiger partial charge in [-0.3, -0.25) is 0 Å². The van der Waals surface area contributed by atoms with Gasteiger partial charge in [-0.15, -0.1) is 0 Å². The number of hydrogen-bond acceptors (Lipinski definition) is 4. The van der Waals surface area contributed by atoms with Gasteiger partial charge in [0.05, 0.1) is 4.90 Å². The molecule has 0 fully saturated rings. The van der Waals surface area contributed by atoms with Crippen LogP contribution in [0.3, 0.4) is 0 Å². The number of carbonyl (C=O) groups excluding carboxylic acids is 1. The zero-order valence-corrected chi connectivity index (χ0v) is 16.4. The number of sulfonamides is 1. The Hall–Kier alpha value is -1.41. The van der Waals surface area contributed by atoms with Gasteiger partial charge in [0.25, 0.3) is 0 Å². The third-order valence-corrected chi connectivity index (χ3v) is 6.15. The largest absolute Gasteiger partial charge is 0.550 e. The van der Waals surface area contributed by atoms with Crippen molar-refractivity contribution >= 4 is 43.5 Å².